The van der Waals surface area contributed by atoms with Crippen LogP contribution >= 0.6 is 11.6 Å². The quantitative estimate of drug-likeness (QED) is 0.802. The molecule has 1 N–H and O–H groups in total. The monoisotopic (exact) mass is 249 g/mol. The zero-order valence-electron chi connectivity index (χ0n) is 9.29. The molecule has 0 atom stereocenters. The summed E-state index contributed by atoms with van der Waals surface area (Å²) in [7, 11) is 0. The molecule has 0 fully saturated rings. The van der Waals surface area contributed by atoms with Gasteiger partial charge in [-0.25, -0.2) is 4.39 Å². The van der Waals surface area contributed by atoms with Crippen LogP contribution in [0.25, 0.3) is 0 Å². The zero-order valence-corrected chi connectivity index (χ0v) is 10.0. The number of anilines is 1. The fourth-order valence-corrected chi connectivity index (χ4v) is 1.73. The second-order valence-corrected chi connectivity index (χ2v) is 4.04. The van der Waals surface area contributed by atoms with E-state index in [1.54, 1.807) is 12.1 Å². The van der Waals surface area contributed by atoms with Gasteiger partial charge in [-0.2, -0.15) is 0 Å². The van der Waals surface area contributed by atoms with E-state index in [1.165, 1.54) is 6.07 Å². The number of benzene rings is 2. The van der Waals surface area contributed by atoms with Crippen LogP contribution in [0.5, 0.6) is 0 Å². The number of hydrogen-bond acceptors (Lipinski definition) is 1. The number of alkyl halides is 1. The first-order valence-electron chi connectivity index (χ1n) is 5.42. The van der Waals surface area contributed by atoms with Crippen molar-refractivity contribution in [3.63, 3.8) is 0 Å². The van der Waals surface area contributed by atoms with E-state index in [4.69, 9.17) is 11.6 Å². The Hall–Kier alpha value is -1.54. The van der Waals surface area contributed by atoms with Crippen molar-refractivity contribution < 1.29 is 4.39 Å². The van der Waals surface area contributed by atoms with Gasteiger partial charge in [0, 0.05) is 23.7 Å². The Morgan fingerprint density at radius 1 is 1.00 bits per heavy atom. The van der Waals surface area contributed by atoms with Crippen molar-refractivity contribution >= 4 is 17.3 Å². The molecular weight excluding hydrogens is 237 g/mol. The predicted molar refractivity (Wildman–Crippen MR) is 69.7 cm³/mol. The Kier molecular flexibility index (Phi) is 3.99. The van der Waals surface area contributed by atoms with Gasteiger partial charge in [0.2, 0.25) is 0 Å². The molecule has 1 nitrogen and oxygen atoms in total. The van der Waals surface area contributed by atoms with Gasteiger partial charge < -0.3 is 5.32 Å². The minimum Gasteiger partial charge on any atom is -0.381 e. The van der Waals surface area contributed by atoms with Crippen molar-refractivity contribution in [3.8, 4) is 0 Å². The summed E-state index contributed by atoms with van der Waals surface area (Å²) < 4.78 is 13.4. The molecule has 0 heterocycles. The van der Waals surface area contributed by atoms with Gasteiger partial charge in [0.05, 0.1) is 0 Å². The molecule has 2 aromatic rings. The van der Waals surface area contributed by atoms with Gasteiger partial charge in [-0.1, -0.05) is 30.3 Å². The average Bonchev–Trinajstić information content (AvgIpc) is 2.38. The SMILES string of the molecule is Fc1ccccc1CNc1ccc(CCl)cc1. The first kappa shape index (κ1) is 11.9. The summed E-state index contributed by atoms with van der Waals surface area (Å²) in [5, 5.41) is 3.17. The lowest BCUT2D eigenvalue weighted by atomic mass is 10.2. The minimum absolute atomic E-state index is 0.183. The van der Waals surface area contributed by atoms with Gasteiger partial charge >= 0.3 is 0 Å². The molecule has 0 saturated carbocycles. The van der Waals surface area contributed by atoms with Gasteiger partial charge in [-0.15, -0.1) is 11.6 Å². The van der Waals surface area contributed by atoms with Crippen LogP contribution in [0.1, 0.15) is 11.1 Å². The molecular formula is C14H13ClFN. The normalized spacial score (nSPS) is 10.2. The number of halogens is 2. The lowest BCUT2D eigenvalue weighted by Crippen LogP contribution is -2.01. The smallest absolute Gasteiger partial charge is 0.128 e. The van der Waals surface area contributed by atoms with E-state index in [2.05, 4.69) is 5.32 Å². The second-order valence-electron chi connectivity index (χ2n) is 3.78. The van der Waals surface area contributed by atoms with Crippen LogP contribution in [0.3, 0.4) is 0 Å². The van der Waals surface area contributed by atoms with E-state index in [9.17, 15) is 4.39 Å². The Bertz CT molecular complexity index is 482. The first-order valence-corrected chi connectivity index (χ1v) is 5.95. The average molecular weight is 250 g/mol. The van der Waals surface area contributed by atoms with E-state index in [1.807, 2.05) is 30.3 Å². The molecule has 0 unspecified atom stereocenters. The van der Waals surface area contributed by atoms with Crippen molar-refractivity contribution in [2.24, 2.45) is 0 Å². The molecule has 0 bridgehead atoms. The maximum Gasteiger partial charge on any atom is 0.128 e. The standard InChI is InChI=1S/C14H13ClFN/c15-9-11-5-7-13(8-6-11)17-10-12-3-1-2-4-14(12)16/h1-8,17H,9-10H2. The van der Waals surface area contributed by atoms with Crippen molar-refractivity contribution in [1.82, 2.24) is 0 Å². The number of hydrogen-bond donors (Lipinski definition) is 1. The Morgan fingerprint density at radius 3 is 2.35 bits per heavy atom. The highest BCUT2D eigenvalue weighted by Gasteiger charge is 2.00. The fourth-order valence-electron chi connectivity index (χ4n) is 1.55. The lowest BCUT2D eigenvalue weighted by Gasteiger charge is -2.07. The van der Waals surface area contributed by atoms with Crippen LogP contribution < -0.4 is 5.32 Å². The van der Waals surface area contributed by atoms with Crippen molar-refractivity contribution in [1.29, 1.82) is 0 Å². The topological polar surface area (TPSA) is 12.0 Å². The summed E-state index contributed by atoms with van der Waals surface area (Å²) in [6, 6.07) is 14.6. The van der Waals surface area contributed by atoms with E-state index in [-0.39, 0.29) is 5.82 Å². The molecule has 0 saturated heterocycles. The summed E-state index contributed by atoms with van der Waals surface area (Å²) in [4.78, 5) is 0. The highest BCUT2D eigenvalue weighted by molar-refractivity contribution is 6.17. The molecule has 0 aliphatic rings. The lowest BCUT2D eigenvalue weighted by molar-refractivity contribution is 0.613. The zero-order chi connectivity index (χ0) is 12.1. The van der Waals surface area contributed by atoms with Gasteiger partial charge in [0.25, 0.3) is 0 Å². The van der Waals surface area contributed by atoms with E-state index in [0.29, 0.717) is 18.0 Å². The second kappa shape index (κ2) is 5.69. The molecule has 88 valence electrons. The highest BCUT2D eigenvalue weighted by atomic mass is 35.5. The van der Waals surface area contributed by atoms with Gasteiger partial charge in [-0.05, 0) is 23.8 Å². The fraction of sp³-hybridized carbons (Fsp3) is 0.143. The third-order valence-corrected chi connectivity index (χ3v) is 2.86. The van der Waals surface area contributed by atoms with Gasteiger partial charge in [-0.3, -0.25) is 0 Å². The Labute approximate surface area is 105 Å². The molecule has 17 heavy (non-hydrogen) atoms. The largest absolute Gasteiger partial charge is 0.381 e. The molecule has 0 spiro atoms. The molecule has 0 aromatic heterocycles. The van der Waals surface area contributed by atoms with Crippen molar-refractivity contribution in [3.05, 3.63) is 65.5 Å². The molecule has 2 aromatic carbocycles. The van der Waals surface area contributed by atoms with Crippen LogP contribution in [0.15, 0.2) is 48.5 Å². The van der Waals surface area contributed by atoms with Crippen LogP contribution in [0.4, 0.5) is 10.1 Å². The molecule has 0 aliphatic heterocycles. The van der Waals surface area contributed by atoms with Crippen LogP contribution in [0, 0.1) is 5.82 Å². The Balaban J connectivity index is 2.00. The summed E-state index contributed by atoms with van der Waals surface area (Å²) in [6.45, 7) is 0.479. The van der Waals surface area contributed by atoms with Crippen molar-refractivity contribution in [2.45, 2.75) is 12.4 Å². The van der Waals surface area contributed by atoms with Crippen LogP contribution in [0.2, 0.25) is 0 Å². The summed E-state index contributed by atoms with van der Waals surface area (Å²) in [5.41, 5.74) is 2.69. The van der Waals surface area contributed by atoms with E-state index < -0.39 is 0 Å². The van der Waals surface area contributed by atoms with Crippen LogP contribution in [-0.2, 0) is 12.4 Å². The Morgan fingerprint density at radius 2 is 1.71 bits per heavy atom. The summed E-state index contributed by atoms with van der Waals surface area (Å²) >= 11 is 5.70. The van der Waals surface area contributed by atoms with Crippen LogP contribution in [-0.4, -0.2) is 0 Å². The molecule has 2 rings (SSSR count). The predicted octanol–water partition coefficient (Wildman–Crippen LogP) is 4.18. The third kappa shape index (κ3) is 3.21. The van der Waals surface area contributed by atoms with E-state index >= 15 is 0 Å². The minimum atomic E-state index is -0.183. The maximum atomic E-state index is 13.4. The summed E-state index contributed by atoms with van der Waals surface area (Å²) in [6.07, 6.45) is 0. The molecule has 3 heteroatoms. The maximum absolute atomic E-state index is 13.4. The van der Waals surface area contributed by atoms with Crippen molar-refractivity contribution in [2.75, 3.05) is 5.32 Å². The number of nitrogens with one attached hydrogen (secondary N) is 1. The number of rotatable bonds is 4. The molecule has 0 radical (unpaired) electrons. The third-order valence-electron chi connectivity index (χ3n) is 2.55. The molecule has 0 amide bonds. The first-order chi connectivity index (χ1) is 8.29. The highest BCUT2D eigenvalue weighted by Crippen LogP contribution is 2.13. The molecule has 0 aliphatic carbocycles. The van der Waals surface area contributed by atoms with Gasteiger partial charge in [0.15, 0.2) is 0 Å². The van der Waals surface area contributed by atoms with Gasteiger partial charge in [0.1, 0.15) is 5.82 Å². The van der Waals surface area contributed by atoms with E-state index in [0.717, 1.165) is 11.3 Å². The summed E-state index contributed by atoms with van der Waals surface area (Å²) in [5.74, 6) is 0.325.